The summed E-state index contributed by atoms with van der Waals surface area (Å²) in [7, 11) is 0.459. The zero-order valence-corrected chi connectivity index (χ0v) is 17.1. The third-order valence-electron chi connectivity index (χ3n) is 4.46. The molecule has 0 unspecified atom stereocenters. The largest absolute Gasteiger partial charge is 0.498 e. The minimum Gasteiger partial charge on any atom is -0.465 e. The lowest BCUT2D eigenvalue weighted by Gasteiger charge is -2.32. The van der Waals surface area contributed by atoms with Crippen molar-refractivity contribution < 1.29 is 28.4 Å². The Morgan fingerprint density at radius 2 is 1.70 bits per heavy atom. The van der Waals surface area contributed by atoms with Crippen LogP contribution in [0.15, 0.2) is 12.3 Å². The maximum absolute atomic E-state index is 12.2. The van der Waals surface area contributed by atoms with Gasteiger partial charge in [0.15, 0.2) is 0 Å². The van der Waals surface area contributed by atoms with Crippen LogP contribution in [0.25, 0.3) is 0 Å². The molecule has 1 amide bonds. The van der Waals surface area contributed by atoms with Gasteiger partial charge in [0.05, 0.1) is 23.9 Å². The molecule has 0 atom stereocenters. The quantitative estimate of drug-likeness (QED) is 0.638. The summed E-state index contributed by atoms with van der Waals surface area (Å²) in [6, 6.07) is 1.54. The van der Waals surface area contributed by atoms with Gasteiger partial charge in [0.1, 0.15) is 11.4 Å². The Hall–Kier alpha value is -2.13. The molecule has 1 fully saturated rings. The lowest BCUT2D eigenvalue weighted by Crippen LogP contribution is -2.41. The van der Waals surface area contributed by atoms with Crippen LogP contribution in [0.3, 0.4) is 0 Å². The number of nitrogens with zero attached hydrogens (tertiary/aromatic N) is 1. The first-order chi connectivity index (χ1) is 12.3. The Labute approximate surface area is 160 Å². The van der Waals surface area contributed by atoms with Crippen LogP contribution >= 0.6 is 0 Å². The van der Waals surface area contributed by atoms with Crippen LogP contribution in [-0.2, 0) is 18.8 Å². The minimum atomic E-state index is -0.822. The highest BCUT2D eigenvalue weighted by atomic mass is 16.7. The molecule has 2 heterocycles. The number of carbonyl (C=O) groups is 2. The molecule has 27 heavy (non-hydrogen) atoms. The van der Waals surface area contributed by atoms with Gasteiger partial charge in [-0.1, -0.05) is 0 Å². The summed E-state index contributed by atoms with van der Waals surface area (Å²) in [5.41, 5.74) is -1.23. The highest BCUT2D eigenvalue weighted by molar-refractivity contribution is 6.64. The molecular formula is C18H27BN2O6. The van der Waals surface area contributed by atoms with E-state index >= 15 is 0 Å². The second-order valence-electron chi connectivity index (χ2n) is 8.37. The predicted octanol–water partition coefficient (Wildman–Crippen LogP) is 2.51. The van der Waals surface area contributed by atoms with Crippen molar-refractivity contribution >= 4 is 30.5 Å². The van der Waals surface area contributed by atoms with Crippen LogP contribution in [0.4, 0.5) is 10.6 Å². The van der Waals surface area contributed by atoms with E-state index in [0.717, 1.165) is 0 Å². The van der Waals surface area contributed by atoms with Gasteiger partial charge in [-0.25, -0.2) is 14.6 Å². The number of esters is 1. The number of methoxy groups -OCH3 is 1. The second-order valence-corrected chi connectivity index (χ2v) is 8.37. The van der Waals surface area contributed by atoms with Gasteiger partial charge in [-0.2, -0.15) is 0 Å². The second kappa shape index (κ2) is 7.12. The lowest BCUT2D eigenvalue weighted by atomic mass is 9.78. The molecule has 1 aromatic heterocycles. The van der Waals surface area contributed by atoms with Gasteiger partial charge < -0.3 is 18.8 Å². The smallest absolute Gasteiger partial charge is 0.465 e. The summed E-state index contributed by atoms with van der Waals surface area (Å²) in [5, 5.41) is 2.60. The van der Waals surface area contributed by atoms with Crippen molar-refractivity contribution in [1.82, 2.24) is 4.98 Å². The van der Waals surface area contributed by atoms with E-state index < -0.39 is 36.0 Å². The fourth-order valence-corrected chi connectivity index (χ4v) is 2.37. The molecular weight excluding hydrogens is 351 g/mol. The molecule has 0 spiro atoms. The molecule has 0 radical (unpaired) electrons. The Morgan fingerprint density at radius 1 is 1.15 bits per heavy atom. The first kappa shape index (κ1) is 21.2. The van der Waals surface area contributed by atoms with Crippen molar-refractivity contribution in [3.05, 3.63) is 17.8 Å². The Kier molecular flexibility index (Phi) is 5.59. The van der Waals surface area contributed by atoms with Crippen LogP contribution in [0, 0.1) is 0 Å². The van der Waals surface area contributed by atoms with Gasteiger partial charge in [-0.15, -0.1) is 0 Å². The van der Waals surface area contributed by atoms with Gasteiger partial charge in [-0.05, 0) is 54.5 Å². The minimum absolute atomic E-state index is 0.190. The number of hydrogen-bond acceptors (Lipinski definition) is 7. The molecule has 148 valence electrons. The number of pyridine rings is 1. The summed E-state index contributed by atoms with van der Waals surface area (Å²) < 4.78 is 22.1. The zero-order valence-electron chi connectivity index (χ0n) is 17.1. The summed E-state index contributed by atoms with van der Waals surface area (Å²) in [6.45, 7) is 12.9. The van der Waals surface area contributed by atoms with E-state index in [0.29, 0.717) is 5.46 Å². The van der Waals surface area contributed by atoms with Crippen molar-refractivity contribution in [3.63, 3.8) is 0 Å². The fourth-order valence-electron chi connectivity index (χ4n) is 2.37. The number of hydrogen-bond donors (Lipinski definition) is 1. The van der Waals surface area contributed by atoms with Crippen molar-refractivity contribution in [2.45, 2.75) is 65.3 Å². The van der Waals surface area contributed by atoms with E-state index in [4.69, 9.17) is 18.8 Å². The Balaban J connectivity index is 2.40. The van der Waals surface area contributed by atoms with Crippen LogP contribution in [0.5, 0.6) is 0 Å². The molecule has 2 rings (SSSR count). The number of carbonyl (C=O) groups excluding carboxylic acids is 2. The van der Waals surface area contributed by atoms with Crippen molar-refractivity contribution in [2.24, 2.45) is 0 Å². The third-order valence-corrected chi connectivity index (χ3v) is 4.46. The van der Waals surface area contributed by atoms with Crippen LogP contribution in [0.1, 0.15) is 58.8 Å². The molecule has 1 N–H and O–H groups in total. The molecule has 9 heteroatoms. The summed E-state index contributed by atoms with van der Waals surface area (Å²) in [5.74, 6) is -0.362. The number of rotatable bonds is 3. The van der Waals surface area contributed by atoms with Crippen LogP contribution in [-0.4, -0.2) is 48.1 Å². The van der Waals surface area contributed by atoms with E-state index in [-0.39, 0.29) is 11.4 Å². The molecule has 0 aliphatic carbocycles. The number of aromatic nitrogens is 1. The highest BCUT2D eigenvalue weighted by Gasteiger charge is 2.52. The van der Waals surface area contributed by atoms with E-state index in [1.165, 1.54) is 19.4 Å². The molecule has 0 aromatic carbocycles. The Bertz CT molecular complexity index is 726. The average molecular weight is 378 g/mol. The SMILES string of the molecule is COC(=O)c1cnc(NC(=O)OC(C)(C)C)c(B2OC(C)(C)C(C)(C)O2)c1. The average Bonchev–Trinajstić information content (AvgIpc) is 2.73. The maximum Gasteiger partial charge on any atom is 0.498 e. The molecule has 8 nitrogen and oxygen atoms in total. The molecule has 1 aromatic rings. The summed E-state index contributed by atoms with van der Waals surface area (Å²) in [4.78, 5) is 28.3. The number of anilines is 1. The van der Waals surface area contributed by atoms with E-state index in [2.05, 4.69) is 10.3 Å². The van der Waals surface area contributed by atoms with Crippen LogP contribution < -0.4 is 10.8 Å². The van der Waals surface area contributed by atoms with Crippen molar-refractivity contribution in [1.29, 1.82) is 0 Å². The topological polar surface area (TPSA) is 96.0 Å². The number of ether oxygens (including phenoxy) is 2. The van der Waals surface area contributed by atoms with Gasteiger partial charge in [0.25, 0.3) is 0 Å². The number of amides is 1. The van der Waals surface area contributed by atoms with Gasteiger partial charge in [0, 0.05) is 11.7 Å². The zero-order chi connectivity index (χ0) is 20.6. The van der Waals surface area contributed by atoms with E-state index in [9.17, 15) is 9.59 Å². The summed E-state index contributed by atoms with van der Waals surface area (Å²) >= 11 is 0. The van der Waals surface area contributed by atoms with Gasteiger partial charge >= 0.3 is 19.2 Å². The fraction of sp³-hybridized carbons (Fsp3) is 0.611. The Morgan fingerprint density at radius 3 is 2.19 bits per heavy atom. The molecule has 0 bridgehead atoms. The lowest BCUT2D eigenvalue weighted by molar-refractivity contribution is 0.00578. The van der Waals surface area contributed by atoms with Crippen molar-refractivity contribution in [3.8, 4) is 0 Å². The number of nitrogens with one attached hydrogen (secondary N) is 1. The van der Waals surface area contributed by atoms with Crippen molar-refractivity contribution in [2.75, 3.05) is 12.4 Å². The molecule has 1 saturated heterocycles. The van der Waals surface area contributed by atoms with Gasteiger partial charge in [-0.3, -0.25) is 5.32 Å². The maximum atomic E-state index is 12.2. The first-order valence-electron chi connectivity index (χ1n) is 8.70. The molecule has 0 saturated carbocycles. The monoisotopic (exact) mass is 378 g/mol. The third kappa shape index (κ3) is 4.78. The molecule has 1 aliphatic heterocycles. The van der Waals surface area contributed by atoms with E-state index in [1.54, 1.807) is 20.8 Å². The summed E-state index contributed by atoms with van der Waals surface area (Å²) in [6.07, 6.45) is 0.645. The standard InChI is InChI=1S/C18H27BN2O6/c1-16(2,3)25-15(23)21-13-12(9-11(10-20-13)14(22)24-8)19-26-17(4,5)18(6,7)27-19/h9-10H,1-8H3,(H,20,21,23). The molecule has 1 aliphatic rings. The normalized spacial score (nSPS) is 18.1. The van der Waals surface area contributed by atoms with Gasteiger partial charge in [0.2, 0.25) is 0 Å². The van der Waals surface area contributed by atoms with E-state index in [1.807, 2.05) is 27.7 Å². The highest BCUT2D eigenvalue weighted by Crippen LogP contribution is 2.37. The predicted molar refractivity (Wildman–Crippen MR) is 101 cm³/mol. The first-order valence-corrected chi connectivity index (χ1v) is 8.70. The van der Waals surface area contributed by atoms with Crippen LogP contribution in [0.2, 0.25) is 0 Å².